The maximum atomic E-state index is 7.48. The zero-order valence-electron chi connectivity index (χ0n) is 9.91. The highest BCUT2D eigenvalue weighted by Gasteiger charge is 2.13. The third kappa shape index (κ3) is 2.38. The summed E-state index contributed by atoms with van der Waals surface area (Å²) in [7, 11) is 1.52. The number of hydrogen-bond donors (Lipinski definition) is 2. The molecule has 2 N–H and O–H groups in total. The molecule has 2 aromatic heterocycles. The fourth-order valence-corrected chi connectivity index (χ4v) is 1.74. The van der Waals surface area contributed by atoms with Gasteiger partial charge in [-0.3, -0.25) is 10.5 Å². The third-order valence-electron chi connectivity index (χ3n) is 2.72. The zero-order chi connectivity index (χ0) is 12.3. The summed E-state index contributed by atoms with van der Waals surface area (Å²) >= 11 is 0. The Hall–Kier alpha value is -2.04. The van der Waals surface area contributed by atoms with Crippen molar-refractivity contribution in [3.8, 4) is 11.3 Å². The molecule has 2 heterocycles. The highest BCUT2D eigenvalue weighted by atomic mass is 16.5. The van der Waals surface area contributed by atoms with Crippen LogP contribution < -0.4 is 0 Å². The van der Waals surface area contributed by atoms with Gasteiger partial charge in [0.2, 0.25) is 0 Å². The Labute approximate surface area is 99.3 Å². The number of rotatable bonds is 4. The number of nitrogens with zero attached hydrogens (tertiary/aromatic N) is 1. The Balaban J connectivity index is 2.21. The van der Waals surface area contributed by atoms with E-state index in [-0.39, 0.29) is 5.90 Å². The van der Waals surface area contributed by atoms with E-state index in [1.165, 1.54) is 7.11 Å². The molecule has 0 fully saturated rings. The molecule has 5 heteroatoms. The van der Waals surface area contributed by atoms with Crippen molar-refractivity contribution >= 4 is 5.90 Å². The van der Waals surface area contributed by atoms with Gasteiger partial charge in [-0.1, -0.05) is 0 Å². The second kappa shape index (κ2) is 4.86. The molecule has 5 nitrogen and oxygen atoms in total. The largest absolute Gasteiger partial charge is 0.484 e. The number of furan rings is 1. The molecule has 90 valence electrons. The first-order valence-electron chi connectivity index (χ1n) is 5.40. The smallest absolute Gasteiger partial charge is 0.180 e. The normalized spacial score (nSPS) is 10.5. The van der Waals surface area contributed by atoms with Crippen LogP contribution >= 0.6 is 0 Å². The summed E-state index contributed by atoms with van der Waals surface area (Å²) in [5.74, 6) is 0.281. The number of ether oxygens (including phenoxy) is 1. The number of hydrogen-bond acceptors (Lipinski definition) is 4. The molecule has 0 amide bonds. The van der Waals surface area contributed by atoms with Gasteiger partial charge in [0.1, 0.15) is 0 Å². The van der Waals surface area contributed by atoms with Gasteiger partial charge in [0.25, 0.3) is 0 Å². The van der Waals surface area contributed by atoms with E-state index in [1.807, 2.05) is 13.0 Å². The van der Waals surface area contributed by atoms with Gasteiger partial charge in [-0.05, 0) is 19.4 Å². The summed E-state index contributed by atoms with van der Waals surface area (Å²) in [6, 6.07) is 1.88. The average Bonchev–Trinajstić information content (AvgIpc) is 2.95. The van der Waals surface area contributed by atoms with Crippen LogP contribution in [-0.2, 0) is 11.2 Å². The molecule has 0 bridgehead atoms. The summed E-state index contributed by atoms with van der Waals surface area (Å²) in [5.41, 5.74) is 3.96. The van der Waals surface area contributed by atoms with Gasteiger partial charge in [-0.2, -0.15) is 5.10 Å². The van der Waals surface area contributed by atoms with Gasteiger partial charge in [-0.25, -0.2) is 0 Å². The van der Waals surface area contributed by atoms with Gasteiger partial charge in [0.15, 0.2) is 5.90 Å². The molecule has 0 radical (unpaired) electrons. The Bertz CT molecular complexity index is 500. The molecule has 2 aromatic rings. The van der Waals surface area contributed by atoms with Crippen LogP contribution in [0.1, 0.15) is 17.7 Å². The van der Waals surface area contributed by atoms with Crippen LogP contribution in [-0.4, -0.2) is 23.2 Å². The van der Waals surface area contributed by atoms with Crippen LogP contribution in [0.5, 0.6) is 0 Å². The molecule has 0 aliphatic carbocycles. The van der Waals surface area contributed by atoms with Gasteiger partial charge in [0.05, 0.1) is 25.3 Å². The second-order valence-electron chi connectivity index (χ2n) is 3.82. The van der Waals surface area contributed by atoms with Crippen molar-refractivity contribution in [1.82, 2.24) is 10.2 Å². The van der Waals surface area contributed by atoms with Crippen LogP contribution in [0.4, 0.5) is 0 Å². The molecule has 0 aliphatic rings. The standard InChI is InChI=1S/C12H15N3O2/c1-8-10(3-4-11(13)16-2)12(15-14-8)9-5-6-17-7-9/h5-7,13H,3-4H2,1-2H3,(H,14,15). The molecule has 0 saturated heterocycles. The zero-order valence-corrected chi connectivity index (χ0v) is 9.91. The Morgan fingerprint density at radius 2 is 2.41 bits per heavy atom. The quantitative estimate of drug-likeness (QED) is 0.629. The fraction of sp³-hybridized carbons (Fsp3) is 0.333. The molecular formula is C12H15N3O2. The van der Waals surface area contributed by atoms with Crippen molar-refractivity contribution in [1.29, 1.82) is 5.41 Å². The van der Waals surface area contributed by atoms with Crippen LogP contribution in [0.3, 0.4) is 0 Å². The van der Waals surface area contributed by atoms with Gasteiger partial charge >= 0.3 is 0 Å². The molecule has 0 spiro atoms. The molecule has 0 aliphatic heterocycles. The maximum Gasteiger partial charge on any atom is 0.180 e. The van der Waals surface area contributed by atoms with Gasteiger partial charge < -0.3 is 9.15 Å². The Morgan fingerprint density at radius 1 is 1.59 bits per heavy atom. The van der Waals surface area contributed by atoms with E-state index in [1.54, 1.807) is 12.5 Å². The lowest BCUT2D eigenvalue weighted by Crippen LogP contribution is -2.01. The Kier molecular flexibility index (Phi) is 3.27. The first-order valence-corrected chi connectivity index (χ1v) is 5.40. The lowest BCUT2D eigenvalue weighted by atomic mass is 10.0. The lowest BCUT2D eigenvalue weighted by Gasteiger charge is -2.03. The van der Waals surface area contributed by atoms with Crippen molar-refractivity contribution in [2.24, 2.45) is 0 Å². The van der Waals surface area contributed by atoms with Crippen molar-refractivity contribution in [3.63, 3.8) is 0 Å². The third-order valence-corrected chi connectivity index (χ3v) is 2.72. The lowest BCUT2D eigenvalue weighted by molar-refractivity contribution is 0.386. The SMILES string of the molecule is COC(=N)CCc1c(-c2ccoc2)n[nH]c1C. The van der Waals surface area contributed by atoms with E-state index < -0.39 is 0 Å². The molecule has 0 saturated carbocycles. The molecule has 0 aromatic carbocycles. The number of aryl methyl sites for hydroxylation is 1. The van der Waals surface area contributed by atoms with Crippen LogP contribution in [0.25, 0.3) is 11.3 Å². The molecule has 0 atom stereocenters. The fourth-order valence-electron chi connectivity index (χ4n) is 1.74. The topological polar surface area (TPSA) is 74.9 Å². The van der Waals surface area contributed by atoms with Crippen LogP contribution in [0, 0.1) is 12.3 Å². The highest BCUT2D eigenvalue weighted by molar-refractivity contribution is 5.73. The average molecular weight is 233 g/mol. The van der Waals surface area contributed by atoms with Crippen molar-refractivity contribution in [3.05, 3.63) is 29.9 Å². The van der Waals surface area contributed by atoms with E-state index in [0.29, 0.717) is 6.42 Å². The summed E-state index contributed by atoms with van der Waals surface area (Å²) in [5, 5.41) is 14.7. The summed E-state index contributed by atoms with van der Waals surface area (Å²) in [6.45, 7) is 1.97. The van der Waals surface area contributed by atoms with Crippen LogP contribution in [0.2, 0.25) is 0 Å². The summed E-state index contributed by atoms with van der Waals surface area (Å²) < 4.78 is 9.91. The number of aromatic nitrogens is 2. The summed E-state index contributed by atoms with van der Waals surface area (Å²) in [6.07, 6.45) is 4.60. The van der Waals surface area contributed by atoms with Gasteiger partial charge in [0, 0.05) is 23.2 Å². The van der Waals surface area contributed by atoms with Crippen molar-refractivity contribution in [2.75, 3.05) is 7.11 Å². The molecule has 2 rings (SSSR count). The van der Waals surface area contributed by atoms with E-state index in [2.05, 4.69) is 10.2 Å². The minimum absolute atomic E-state index is 0.281. The van der Waals surface area contributed by atoms with E-state index in [4.69, 9.17) is 14.6 Å². The molecular weight excluding hydrogens is 218 g/mol. The maximum absolute atomic E-state index is 7.48. The van der Waals surface area contributed by atoms with Crippen molar-refractivity contribution < 1.29 is 9.15 Å². The highest BCUT2D eigenvalue weighted by Crippen LogP contribution is 2.25. The molecule has 0 unspecified atom stereocenters. The Morgan fingerprint density at radius 3 is 3.06 bits per heavy atom. The van der Waals surface area contributed by atoms with E-state index in [9.17, 15) is 0 Å². The molecule has 17 heavy (non-hydrogen) atoms. The number of methoxy groups -OCH3 is 1. The van der Waals surface area contributed by atoms with Crippen LogP contribution in [0.15, 0.2) is 23.0 Å². The first-order chi connectivity index (χ1) is 8.22. The van der Waals surface area contributed by atoms with E-state index in [0.717, 1.165) is 28.9 Å². The summed E-state index contributed by atoms with van der Waals surface area (Å²) in [4.78, 5) is 0. The second-order valence-corrected chi connectivity index (χ2v) is 3.82. The minimum atomic E-state index is 0.281. The van der Waals surface area contributed by atoms with Crippen molar-refractivity contribution in [2.45, 2.75) is 19.8 Å². The van der Waals surface area contributed by atoms with E-state index >= 15 is 0 Å². The number of nitrogens with one attached hydrogen (secondary N) is 2. The first kappa shape index (κ1) is 11.4. The minimum Gasteiger partial charge on any atom is -0.484 e. The predicted molar refractivity (Wildman–Crippen MR) is 64.1 cm³/mol. The number of H-pyrrole nitrogens is 1. The monoisotopic (exact) mass is 233 g/mol. The van der Waals surface area contributed by atoms with Gasteiger partial charge in [-0.15, -0.1) is 0 Å². The predicted octanol–water partition coefficient (Wildman–Crippen LogP) is 2.53. The number of aromatic amines is 1.